The number of unbranched alkanes of at least 4 members (excludes halogenated alkanes) is 3. The zero-order valence-electron chi connectivity index (χ0n) is 15.4. The number of allylic oxidation sites excluding steroid dienone is 1. The normalized spacial score (nSPS) is 12.2. The molecule has 0 bridgehead atoms. The molecule has 0 saturated carbocycles. The van der Waals surface area contributed by atoms with E-state index < -0.39 is 10.0 Å². The smallest absolute Gasteiger partial charge is 0.238 e. The number of nitrogens with zero attached hydrogens (tertiary/aromatic N) is 1. The van der Waals surface area contributed by atoms with Crippen LogP contribution >= 0.6 is 15.9 Å². The Morgan fingerprint density at radius 3 is 2.23 bits per heavy atom. The lowest BCUT2D eigenvalue weighted by atomic mass is 10.1. The molecule has 0 N–H and O–H groups in total. The van der Waals surface area contributed by atoms with Crippen molar-refractivity contribution in [3.05, 3.63) is 70.8 Å². The second kappa shape index (κ2) is 9.93. The Kier molecular flexibility index (Phi) is 7.91. The van der Waals surface area contributed by atoms with Crippen LogP contribution in [0.3, 0.4) is 0 Å². The Bertz CT molecular complexity index is 815. The van der Waals surface area contributed by atoms with E-state index in [2.05, 4.69) is 22.9 Å². The van der Waals surface area contributed by atoms with Crippen molar-refractivity contribution in [1.29, 1.82) is 0 Å². The maximum atomic E-state index is 13.4. The predicted octanol–water partition coefficient (Wildman–Crippen LogP) is 6.40. The Hall–Kier alpha value is -1.59. The maximum Gasteiger partial charge on any atom is 0.268 e. The summed E-state index contributed by atoms with van der Waals surface area (Å²) < 4.78 is 28.3. The summed E-state index contributed by atoms with van der Waals surface area (Å²) in [6.07, 6.45) is 5.06. The van der Waals surface area contributed by atoms with Gasteiger partial charge in [-0.05, 0) is 44.0 Å². The SMILES string of the molecule is CCCCCC/C(=C/Br)N(c1ccccc1)S(=O)(=O)c1ccc(C)cc1. The first-order chi connectivity index (χ1) is 12.5. The molecule has 0 atom stereocenters. The molecule has 0 radical (unpaired) electrons. The third-order valence-corrected chi connectivity index (χ3v) is 6.55. The highest BCUT2D eigenvalue weighted by Gasteiger charge is 2.27. The Morgan fingerprint density at radius 1 is 1.00 bits per heavy atom. The van der Waals surface area contributed by atoms with Crippen molar-refractivity contribution in [2.45, 2.75) is 50.8 Å². The molecule has 5 heteroatoms. The minimum atomic E-state index is -3.69. The lowest BCUT2D eigenvalue weighted by Gasteiger charge is -2.27. The van der Waals surface area contributed by atoms with Crippen LogP contribution in [-0.2, 0) is 10.0 Å². The number of halogens is 1. The van der Waals surface area contributed by atoms with Crippen LogP contribution in [0.25, 0.3) is 0 Å². The number of hydrogen-bond donors (Lipinski definition) is 0. The zero-order valence-corrected chi connectivity index (χ0v) is 17.8. The van der Waals surface area contributed by atoms with E-state index in [1.165, 1.54) is 4.31 Å². The predicted molar refractivity (Wildman–Crippen MR) is 113 cm³/mol. The average molecular weight is 436 g/mol. The maximum absolute atomic E-state index is 13.4. The molecule has 0 unspecified atom stereocenters. The van der Waals surface area contributed by atoms with Crippen LogP contribution in [-0.4, -0.2) is 8.42 Å². The molecule has 140 valence electrons. The fourth-order valence-corrected chi connectivity index (χ4v) is 4.88. The third-order valence-electron chi connectivity index (χ3n) is 4.22. The van der Waals surface area contributed by atoms with Gasteiger partial charge in [0.15, 0.2) is 0 Å². The van der Waals surface area contributed by atoms with Crippen LogP contribution in [0.1, 0.15) is 44.6 Å². The average Bonchev–Trinajstić information content (AvgIpc) is 2.65. The molecule has 0 amide bonds. The zero-order chi connectivity index (χ0) is 19.0. The van der Waals surface area contributed by atoms with E-state index in [0.29, 0.717) is 17.0 Å². The molecule has 0 aliphatic carbocycles. The van der Waals surface area contributed by atoms with Gasteiger partial charge >= 0.3 is 0 Å². The van der Waals surface area contributed by atoms with Gasteiger partial charge in [-0.1, -0.05) is 78.0 Å². The van der Waals surface area contributed by atoms with E-state index in [0.717, 1.165) is 36.9 Å². The fraction of sp³-hybridized carbons (Fsp3) is 0.333. The van der Waals surface area contributed by atoms with Gasteiger partial charge in [-0.2, -0.15) is 0 Å². The molecule has 0 spiro atoms. The Balaban J connectivity index is 2.42. The molecule has 26 heavy (non-hydrogen) atoms. The summed E-state index contributed by atoms with van der Waals surface area (Å²) in [5.41, 5.74) is 2.42. The molecular weight excluding hydrogens is 410 g/mol. The van der Waals surface area contributed by atoms with Crippen molar-refractivity contribution in [3.63, 3.8) is 0 Å². The molecular formula is C21H26BrNO2S. The number of rotatable bonds is 9. The van der Waals surface area contributed by atoms with E-state index in [4.69, 9.17) is 0 Å². The Labute approximate surface area is 165 Å². The molecule has 0 heterocycles. The summed E-state index contributed by atoms with van der Waals surface area (Å²) in [5, 5.41) is 0. The number of aryl methyl sites for hydroxylation is 1. The summed E-state index contributed by atoms with van der Waals surface area (Å²) in [7, 11) is -3.69. The number of para-hydroxylation sites is 1. The van der Waals surface area contributed by atoms with Crippen molar-refractivity contribution in [2.75, 3.05) is 4.31 Å². The van der Waals surface area contributed by atoms with Gasteiger partial charge < -0.3 is 0 Å². The van der Waals surface area contributed by atoms with Crippen LogP contribution < -0.4 is 4.31 Å². The standard InChI is InChI=1S/C21H26BrNO2S/c1-3-4-5-7-12-20(17-22)23(19-10-8-6-9-11-19)26(24,25)21-15-13-18(2)14-16-21/h6,8-11,13-17H,3-5,7,12H2,1-2H3/b20-17-. The monoisotopic (exact) mass is 435 g/mol. The van der Waals surface area contributed by atoms with Crippen molar-refractivity contribution in [2.24, 2.45) is 0 Å². The molecule has 3 nitrogen and oxygen atoms in total. The molecule has 0 saturated heterocycles. The lowest BCUT2D eigenvalue weighted by Crippen LogP contribution is -2.30. The van der Waals surface area contributed by atoms with Gasteiger partial charge in [-0.25, -0.2) is 12.7 Å². The minimum absolute atomic E-state index is 0.298. The first kappa shape index (κ1) is 20.7. The van der Waals surface area contributed by atoms with Gasteiger partial charge in [-0.3, -0.25) is 0 Å². The number of anilines is 1. The first-order valence-corrected chi connectivity index (χ1v) is 11.3. The second-order valence-electron chi connectivity index (χ2n) is 6.33. The lowest BCUT2D eigenvalue weighted by molar-refractivity contribution is 0.592. The largest absolute Gasteiger partial charge is 0.268 e. The number of hydrogen-bond acceptors (Lipinski definition) is 2. The summed E-state index contributed by atoms with van der Waals surface area (Å²) in [6.45, 7) is 4.11. The molecule has 0 aliphatic heterocycles. The molecule has 2 aromatic carbocycles. The molecule has 2 aromatic rings. The summed E-state index contributed by atoms with van der Waals surface area (Å²) in [4.78, 5) is 2.03. The van der Waals surface area contributed by atoms with Crippen molar-refractivity contribution < 1.29 is 8.42 Å². The molecule has 0 aromatic heterocycles. The molecule has 0 aliphatic rings. The van der Waals surface area contributed by atoms with Gasteiger partial charge in [0, 0.05) is 10.7 Å². The highest BCUT2D eigenvalue weighted by Crippen LogP contribution is 2.31. The fourth-order valence-electron chi connectivity index (χ4n) is 2.77. The van der Waals surface area contributed by atoms with E-state index in [9.17, 15) is 8.42 Å². The van der Waals surface area contributed by atoms with Crippen LogP contribution in [0.4, 0.5) is 5.69 Å². The second-order valence-corrected chi connectivity index (χ2v) is 8.57. The summed E-state index contributed by atoms with van der Waals surface area (Å²) in [5.74, 6) is 0. The number of sulfonamides is 1. The van der Waals surface area contributed by atoms with Gasteiger partial charge in [-0.15, -0.1) is 0 Å². The van der Waals surface area contributed by atoms with E-state index in [-0.39, 0.29) is 0 Å². The van der Waals surface area contributed by atoms with Gasteiger partial charge in [0.25, 0.3) is 10.0 Å². The van der Waals surface area contributed by atoms with Crippen molar-refractivity contribution in [3.8, 4) is 0 Å². The van der Waals surface area contributed by atoms with E-state index in [1.54, 1.807) is 17.1 Å². The highest BCUT2D eigenvalue weighted by atomic mass is 79.9. The van der Waals surface area contributed by atoms with Crippen LogP contribution in [0, 0.1) is 6.92 Å². The van der Waals surface area contributed by atoms with Crippen LogP contribution in [0.5, 0.6) is 0 Å². The van der Waals surface area contributed by atoms with Crippen molar-refractivity contribution in [1.82, 2.24) is 0 Å². The third kappa shape index (κ3) is 5.21. The highest BCUT2D eigenvalue weighted by molar-refractivity contribution is 9.11. The minimum Gasteiger partial charge on any atom is -0.238 e. The summed E-state index contributed by atoms with van der Waals surface area (Å²) in [6, 6.07) is 16.3. The van der Waals surface area contributed by atoms with Gasteiger partial charge in [0.2, 0.25) is 0 Å². The van der Waals surface area contributed by atoms with E-state index in [1.807, 2.05) is 49.4 Å². The van der Waals surface area contributed by atoms with Gasteiger partial charge in [0.05, 0.1) is 10.6 Å². The quantitative estimate of drug-likeness (QED) is 0.427. The van der Waals surface area contributed by atoms with Crippen LogP contribution in [0.15, 0.2) is 70.2 Å². The number of benzene rings is 2. The van der Waals surface area contributed by atoms with E-state index >= 15 is 0 Å². The summed E-state index contributed by atoms with van der Waals surface area (Å²) >= 11 is 3.39. The molecule has 0 fully saturated rings. The topological polar surface area (TPSA) is 37.4 Å². The van der Waals surface area contributed by atoms with Crippen molar-refractivity contribution >= 4 is 31.6 Å². The van der Waals surface area contributed by atoms with Crippen LogP contribution in [0.2, 0.25) is 0 Å². The van der Waals surface area contributed by atoms with Gasteiger partial charge in [0.1, 0.15) is 0 Å². The Morgan fingerprint density at radius 2 is 1.65 bits per heavy atom. The molecule has 2 rings (SSSR count). The first-order valence-electron chi connectivity index (χ1n) is 8.97.